The summed E-state index contributed by atoms with van der Waals surface area (Å²) in [6.45, 7) is 0.947. The highest BCUT2D eigenvalue weighted by atomic mass is 35.5. The van der Waals surface area contributed by atoms with Crippen molar-refractivity contribution < 1.29 is 17.9 Å². The lowest BCUT2D eigenvalue weighted by Gasteiger charge is -2.27. The molecule has 1 aliphatic heterocycles. The predicted molar refractivity (Wildman–Crippen MR) is 130 cm³/mol. The number of carbonyl (C=O) groups is 1. The molecule has 6 nitrogen and oxygen atoms in total. The highest BCUT2D eigenvalue weighted by molar-refractivity contribution is 7.92. The average molecular weight is 485 g/mol. The molecule has 3 aromatic carbocycles. The van der Waals surface area contributed by atoms with E-state index in [0.29, 0.717) is 29.5 Å². The average Bonchev–Trinajstić information content (AvgIpc) is 2.99. The van der Waals surface area contributed by atoms with Crippen LogP contribution in [0.25, 0.3) is 0 Å². The van der Waals surface area contributed by atoms with Crippen LogP contribution in [0.4, 0.5) is 5.69 Å². The number of amides is 1. The maximum absolute atomic E-state index is 13.7. The van der Waals surface area contributed by atoms with Gasteiger partial charge in [0.1, 0.15) is 5.75 Å². The third-order valence-corrected chi connectivity index (χ3v) is 6.89. The van der Waals surface area contributed by atoms with Gasteiger partial charge in [0.2, 0.25) is 10.0 Å². The Kier molecular flexibility index (Phi) is 6.91. The number of anilines is 1. The number of fused-ring (bicyclic) bond motifs is 1. The number of rotatable bonds is 6. The van der Waals surface area contributed by atoms with Gasteiger partial charge in [-0.2, -0.15) is 0 Å². The van der Waals surface area contributed by atoms with Gasteiger partial charge < -0.3 is 9.64 Å². The molecule has 172 valence electrons. The van der Waals surface area contributed by atoms with Gasteiger partial charge in [-0.3, -0.25) is 9.10 Å². The van der Waals surface area contributed by atoms with E-state index >= 15 is 0 Å². The van der Waals surface area contributed by atoms with E-state index in [4.69, 9.17) is 16.3 Å². The number of hydrogen-bond acceptors (Lipinski definition) is 4. The van der Waals surface area contributed by atoms with Crippen molar-refractivity contribution in [3.63, 3.8) is 0 Å². The normalized spacial score (nSPS) is 15.8. The monoisotopic (exact) mass is 484 g/mol. The lowest BCUT2D eigenvalue weighted by Crippen LogP contribution is -2.42. The summed E-state index contributed by atoms with van der Waals surface area (Å²) in [5, 5.41) is 0.394. The summed E-state index contributed by atoms with van der Waals surface area (Å²) in [5.74, 6) is 0.124. The van der Waals surface area contributed by atoms with Crippen LogP contribution >= 0.6 is 11.6 Å². The second-order valence-electron chi connectivity index (χ2n) is 8.01. The summed E-state index contributed by atoms with van der Waals surface area (Å²) < 4.78 is 32.2. The van der Waals surface area contributed by atoms with E-state index in [1.807, 2.05) is 60.7 Å². The van der Waals surface area contributed by atoms with E-state index in [2.05, 4.69) is 0 Å². The molecule has 0 unspecified atom stereocenters. The van der Waals surface area contributed by atoms with Gasteiger partial charge in [-0.25, -0.2) is 8.42 Å². The zero-order chi connectivity index (χ0) is 23.4. The SMILES string of the molecule is CS(=O)(=O)N1CC[C@H](C(=O)N(Cc2ccccc2)Cc2ccccc2)Oc2ccc(Cl)cc21. The molecule has 1 aliphatic rings. The first-order valence-corrected chi connectivity index (χ1v) is 12.8. The van der Waals surface area contributed by atoms with Crippen molar-refractivity contribution in [3.8, 4) is 5.75 Å². The number of carbonyl (C=O) groups excluding carboxylic acids is 1. The number of sulfonamides is 1. The molecule has 1 atom stereocenters. The summed E-state index contributed by atoms with van der Waals surface area (Å²) in [7, 11) is -3.58. The van der Waals surface area contributed by atoms with Gasteiger partial charge >= 0.3 is 0 Å². The second kappa shape index (κ2) is 9.85. The van der Waals surface area contributed by atoms with Gasteiger partial charge in [0.25, 0.3) is 5.91 Å². The molecular weight excluding hydrogens is 460 g/mol. The standard InChI is InChI=1S/C25H25ClN2O4S/c1-33(30,31)28-15-14-24(32-23-13-12-21(26)16-22(23)28)25(29)27(17-19-8-4-2-5-9-19)18-20-10-6-3-7-11-20/h2-13,16,24H,14-15,17-18H2,1H3/t24-/m1/s1. The second-order valence-corrected chi connectivity index (χ2v) is 10.4. The third-order valence-electron chi connectivity index (χ3n) is 5.47. The maximum atomic E-state index is 13.7. The Balaban J connectivity index is 1.64. The Morgan fingerprint density at radius 2 is 1.58 bits per heavy atom. The Bertz CT molecular complexity index is 1180. The van der Waals surface area contributed by atoms with Crippen LogP contribution in [0.3, 0.4) is 0 Å². The number of halogens is 1. The van der Waals surface area contributed by atoms with Gasteiger partial charge in [-0.15, -0.1) is 0 Å². The fraction of sp³-hybridized carbons (Fsp3) is 0.240. The topological polar surface area (TPSA) is 66.9 Å². The van der Waals surface area contributed by atoms with Crippen molar-refractivity contribution in [3.05, 3.63) is 95.0 Å². The maximum Gasteiger partial charge on any atom is 0.264 e. The summed E-state index contributed by atoms with van der Waals surface area (Å²) in [5.41, 5.74) is 2.35. The van der Waals surface area contributed by atoms with Crippen molar-refractivity contribution in [1.29, 1.82) is 0 Å². The summed E-state index contributed by atoms with van der Waals surface area (Å²) in [6.07, 6.45) is 0.527. The van der Waals surface area contributed by atoms with Crippen LogP contribution in [0, 0.1) is 0 Å². The van der Waals surface area contributed by atoms with Crippen molar-refractivity contribution in [2.75, 3.05) is 17.1 Å². The van der Waals surface area contributed by atoms with Crippen LogP contribution in [0.5, 0.6) is 5.75 Å². The lowest BCUT2D eigenvalue weighted by molar-refractivity contribution is -0.140. The molecule has 0 N–H and O–H groups in total. The van der Waals surface area contributed by atoms with Gasteiger partial charge in [0, 0.05) is 31.1 Å². The van der Waals surface area contributed by atoms with E-state index in [-0.39, 0.29) is 18.9 Å². The summed E-state index contributed by atoms with van der Waals surface area (Å²) >= 11 is 6.12. The highest BCUT2D eigenvalue weighted by Gasteiger charge is 2.33. The van der Waals surface area contributed by atoms with Crippen LogP contribution in [0.2, 0.25) is 5.02 Å². The van der Waals surface area contributed by atoms with E-state index in [9.17, 15) is 13.2 Å². The molecule has 0 aromatic heterocycles. The highest BCUT2D eigenvalue weighted by Crippen LogP contribution is 2.36. The van der Waals surface area contributed by atoms with Crippen molar-refractivity contribution in [1.82, 2.24) is 4.90 Å². The van der Waals surface area contributed by atoms with E-state index in [0.717, 1.165) is 17.4 Å². The van der Waals surface area contributed by atoms with Crippen LogP contribution in [0.1, 0.15) is 17.5 Å². The molecule has 0 saturated heterocycles. The molecule has 1 heterocycles. The van der Waals surface area contributed by atoms with E-state index in [1.54, 1.807) is 23.1 Å². The zero-order valence-electron chi connectivity index (χ0n) is 18.2. The first-order valence-electron chi connectivity index (χ1n) is 10.6. The van der Waals surface area contributed by atoms with Crippen LogP contribution < -0.4 is 9.04 Å². The zero-order valence-corrected chi connectivity index (χ0v) is 19.8. The number of nitrogens with zero attached hydrogens (tertiary/aromatic N) is 2. The van der Waals surface area contributed by atoms with Crippen LogP contribution in [-0.4, -0.2) is 38.1 Å². The van der Waals surface area contributed by atoms with Gasteiger partial charge in [0.05, 0.1) is 11.9 Å². The molecular formula is C25H25ClN2O4S. The van der Waals surface area contributed by atoms with Crippen molar-refractivity contribution in [2.45, 2.75) is 25.6 Å². The summed E-state index contributed by atoms with van der Waals surface area (Å²) in [4.78, 5) is 15.5. The first kappa shape index (κ1) is 23.1. The molecule has 33 heavy (non-hydrogen) atoms. The quantitative estimate of drug-likeness (QED) is 0.517. The van der Waals surface area contributed by atoms with Crippen molar-refractivity contribution in [2.24, 2.45) is 0 Å². The van der Waals surface area contributed by atoms with Gasteiger partial charge in [-0.1, -0.05) is 72.3 Å². The van der Waals surface area contributed by atoms with E-state index in [1.165, 1.54) is 4.31 Å². The Labute approximate surface area is 199 Å². The first-order chi connectivity index (χ1) is 15.8. The molecule has 0 spiro atoms. The predicted octanol–water partition coefficient (Wildman–Crippen LogP) is 4.49. The number of benzene rings is 3. The van der Waals surface area contributed by atoms with E-state index < -0.39 is 16.1 Å². The van der Waals surface area contributed by atoms with Crippen LogP contribution in [0.15, 0.2) is 78.9 Å². The van der Waals surface area contributed by atoms with Crippen molar-refractivity contribution >= 4 is 33.2 Å². The minimum absolute atomic E-state index is 0.118. The molecule has 1 amide bonds. The molecule has 4 rings (SSSR count). The molecule has 0 radical (unpaired) electrons. The molecule has 3 aromatic rings. The largest absolute Gasteiger partial charge is 0.478 e. The van der Waals surface area contributed by atoms with Gasteiger partial charge in [0.15, 0.2) is 6.10 Å². The Hall–Kier alpha value is -3.03. The van der Waals surface area contributed by atoms with Crippen LogP contribution in [-0.2, 0) is 27.9 Å². The molecule has 0 fully saturated rings. The smallest absolute Gasteiger partial charge is 0.264 e. The molecule has 8 heteroatoms. The third kappa shape index (κ3) is 5.67. The van der Waals surface area contributed by atoms with Gasteiger partial charge in [-0.05, 0) is 29.3 Å². The fourth-order valence-corrected chi connectivity index (χ4v) is 5.00. The number of ether oxygens (including phenoxy) is 1. The molecule has 0 saturated carbocycles. The Morgan fingerprint density at radius 1 is 1.00 bits per heavy atom. The minimum Gasteiger partial charge on any atom is -0.478 e. The Morgan fingerprint density at radius 3 is 2.12 bits per heavy atom. The minimum atomic E-state index is -3.58. The molecule has 0 aliphatic carbocycles. The fourth-order valence-electron chi connectivity index (χ4n) is 3.89. The number of hydrogen-bond donors (Lipinski definition) is 0. The lowest BCUT2D eigenvalue weighted by atomic mass is 10.1. The summed E-state index contributed by atoms with van der Waals surface area (Å²) in [6, 6.07) is 24.3. The molecule has 0 bridgehead atoms.